The van der Waals surface area contributed by atoms with Gasteiger partial charge in [-0.2, -0.15) is 0 Å². The molecular formula is C63H36N4S3. The molecule has 5 heterocycles. The van der Waals surface area contributed by atoms with Crippen LogP contribution in [0.3, 0.4) is 0 Å². The number of aromatic nitrogens is 4. The zero-order valence-electron chi connectivity index (χ0n) is 37.3. The fourth-order valence-corrected chi connectivity index (χ4v) is 14.2. The maximum Gasteiger partial charge on any atom is 0.164 e. The molecule has 5 aromatic heterocycles. The monoisotopic (exact) mass is 944 g/mol. The second kappa shape index (κ2) is 15.6. The minimum Gasteiger partial charge on any atom is -0.307 e. The van der Waals surface area contributed by atoms with Gasteiger partial charge >= 0.3 is 0 Å². The fraction of sp³-hybridized carbons (Fsp3) is 0. The van der Waals surface area contributed by atoms with Crippen molar-refractivity contribution >= 4 is 116 Å². The molecule has 10 aromatic carbocycles. The molecule has 326 valence electrons. The van der Waals surface area contributed by atoms with Crippen molar-refractivity contribution in [1.29, 1.82) is 0 Å². The maximum absolute atomic E-state index is 5.46. The summed E-state index contributed by atoms with van der Waals surface area (Å²) in [5.41, 5.74) is 10.7. The van der Waals surface area contributed by atoms with Crippen LogP contribution in [0.2, 0.25) is 0 Å². The number of hydrogen-bond acceptors (Lipinski definition) is 6. The Morgan fingerprint density at radius 3 is 1.26 bits per heavy atom. The third-order valence-electron chi connectivity index (χ3n) is 13.9. The molecule has 4 nitrogen and oxygen atoms in total. The van der Waals surface area contributed by atoms with E-state index in [0.717, 1.165) is 50.1 Å². The molecule has 0 bridgehead atoms. The normalized spacial score (nSPS) is 12.0. The molecule has 0 fully saturated rings. The highest BCUT2D eigenvalue weighted by molar-refractivity contribution is 7.27. The third-order valence-corrected chi connectivity index (χ3v) is 17.3. The van der Waals surface area contributed by atoms with Crippen LogP contribution in [0, 0.1) is 0 Å². The SMILES string of the molecule is c1ccc(-c2cc(-c3nc(-c4ccc5c(c4)sc4ccccc45)nc(-c4ccc5c(c4)sc4ccccc45)n3)cc(-c3ccccc3)c2-n2c3ccccc3c3ccc4c5ccccc5sc4c32)cc1. The Labute approximate surface area is 413 Å². The number of nitrogens with zero attached hydrogens (tertiary/aromatic N) is 4. The van der Waals surface area contributed by atoms with Gasteiger partial charge in [0.25, 0.3) is 0 Å². The lowest BCUT2D eigenvalue weighted by atomic mass is 9.92. The van der Waals surface area contributed by atoms with Crippen LogP contribution in [0.25, 0.3) is 144 Å². The van der Waals surface area contributed by atoms with Gasteiger partial charge in [0, 0.05) is 94.4 Å². The zero-order valence-corrected chi connectivity index (χ0v) is 39.7. The minimum absolute atomic E-state index is 0.614. The average molecular weight is 945 g/mol. The predicted octanol–water partition coefficient (Wildman–Crippen LogP) is 18.4. The van der Waals surface area contributed by atoms with Gasteiger partial charge in [-0.05, 0) is 59.7 Å². The van der Waals surface area contributed by atoms with Crippen LogP contribution in [-0.2, 0) is 0 Å². The van der Waals surface area contributed by atoms with Crippen molar-refractivity contribution in [2.75, 3.05) is 0 Å². The summed E-state index contributed by atoms with van der Waals surface area (Å²) in [7, 11) is 0. The summed E-state index contributed by atoms with van der Waals surface area (Å²) in [5, 5.41) is 10.0. The van der Waals surface area contributed by atoms with Gasteiger partial charge in [0.15, 0.2) is 17.5 Å². The van der Waals surface area contributed by atoms with Crippen LogP contribution in [-0.4, -0.2) is 19.5 Å². The van der Waals surface area contributed by atoms with Gasteiger partial charge in [-0.3, -0.25) is 0 Å². The van der Waals surface area contributed by atoms with Crippen molar-refractivity contribution in [1.82, 2.24) is 19.5 Å². The fourth-order valence-electron chi connectivity index (χ4n) is 10.6. The second-order valence-corrected chi connectivity index (χ2v) is 21.1. The van der Waals surface area contributed by atoms with Crippen LogP contribution in [0.15, 0.2) is 218 Å². The first kappa shape index (κ1) is 39.6. The molecule has 70 heavy (non-hydrogen) atoms. The molecule has 0 saturated carbocycles. The highest BCUT2D eigenvalue weighted by Crippen LogP contribution is 2.48. The Hall–Kier alpha value is -8.33. The topological polar surface area (TPSA) is 43.6 Å². The van der Waals surface area contributed by atoms with E-state index in [1.54, 1.807) is 22.7 Å². The number of thiophene rings is 3. The van der Waals surface area contributed by atoms with Crippen LogP contribution in [0.5, 0.6) is 0 Å². The summed E-state index contributed by atoms with van der Waals surface area (Å²) >= 11 is 5.49. The van der Waals surface area contributed by atoms with Crippen molar-refractivity contribution in [3.8, 4) is 62.1 Å². The van der Waals surface area contributed by atoms with Crippen LogP contribution in [0.4, 0.5) is 0 Å². The molecule has 0 radical (unpaired) electrons. The van der Waals surface area contributed by atoms with Crippen LogP contribution < -0.4 is 0 Å². The highest BCUT2D eigenvalue weighted by Gasteiger charge is 2.25. The lowest BCUT2D eigenvalue weighted by Crippen LogP contribution is -2.04. The summed E-state index contributed by atoms with van der Waals surface area (Å²) < 4.78 is 10.0. The quantitative estimate of drug-likeness (QED) is 0.167. The molecule has 0 aliphatic carbocycles. The second-order valence-electron chi connectivity index (χ2n) is 17.9. The van der Waals surface area contributed by atoms with Crippen molar-refractivity contribution in [3.63, 3.8) is 0 Å². The van der Waals surface area contributed by atoms with Gasteiger partial charge in [-0.25, -0.2) is 15.0 Å². The first-order chi connectivity index (χ1) is 34.7. The maximum atomic E-state index is 5.46. The standard InChI is InChI=1S/C63H36N4S3/c1-3-15-37(16-4-1)50-33-41(34-51(38-17-5-2-6-18-38)58(50)67-52-23-11-7-19-42(52)48-31-32-49-45-22-10-14-26-55(45)70-60(49)59(48)67)63-65-61(39-27-29-46-43-20-8-12-24-53(43)68-56(46)35-39)64-62(66-63)40-28-30-47-44-21-9-13-25-54(44)69-57(47)36-40/h1-36H. The van der Waals surface area contributed by atoms with Gasteiger partial charge in [0.2, 0.25) is 0 Å². The van der Waals surface area contributed by atoms with E-state index in [1.807, 2.05) is 11.3 Å². The molecule has 0 N–H and O–H groups in total. The van der Waals surface area contributed by atoms with Gasteiger partial charge in [0.05, 0.1) is 21.4 Å². The first-order valence-corrected chi connectivity index (χ1v) is 25.9. The average Bonchev–Trinajstić information content (AvgIpc) is 4.19. The largest absolute Gasteiger partial charge is 0.307 e. The number of hydrogen-bond donors (Lipinski definition) is 0. The van der Waals surface area contributed by atoms with E-state index in [1.165, 1.54) is 76.8 Å². The van der Waals surface area contributed by atoms with E-state index in [9.17, 15) is 0 Å². The molecule has 0 unspecified atom stereocenters. The van der Waals surface area contributed by atoms with Crippen molar-refractivity contribution in [3.05, 3.63) is 218 Å². The third kappa shape index (κ3) is 6.16. The lowest BCUT2D eigenvalue weighted by Gasteiger charge is -2.21. The molecule has 15 aromatic rings. The molecule has 0 aliphatic heterocycles. The molecule has 7 heteroatoms. The smallest absolute Gasteiger partial charge is 0.164 e. The summed E-state index contributed by atoms with van der Waals surface area (Å²) in [6, 6.07) is 79.2. The Morgan fingerprint density at radius 1 is 0.286 bits per heavy atom. The molecule has 0 saturated heterocycles. The van der Waals surface area contributed by atoms with E-state index in [-0.39, 0.29) is 0 Å². The summed E-state index contributed by atoms with van der Waals surface area (Å²) in [6.07, 6.45) is 0. The molecule has 0 aliphatic rings. The predicted molar refractivity (Wildman–Crippen MR) is 300 cm³/mol. The Bertz CT molecular complexity index is 4410. The minimum atomic E-state index is 0.614. The van der Waals surface area contributed by atoms with Crippen LogP contribution >= 0.6 is 34.0 Å². The van der Waals surface area contributed by atoms with E-state index in [0.29, 0.717) is 17.5 Å². The lowest BCUT2D eigenvalue weighted by molar-refractivity contribution is 1.07. The number of para-hydroxylation sites is 1. The van der Waals surface area contributed by atoms with Crippen LogP contribution in [0.1, 0.15) is 0 Å². The summed E-state index contributed by atoms with van der Waals surface area (Å²) in [4.78, 5) is 16.3. The number of rotatable bonds is 6. The Morgan fingerprint density at radius 2 is 0.700 bits per heavy atom. The van der Waals surface area contributed by atoms with Crippen molar-refractivity contribution in [2.24, 2.45) is 0 Å². The molecule has 0 spiro atoms. The van der Waals surface area contributed by atoms with Gasteiger partial charge in [0.1, 0.15) is 0 Å². The van der Waals surface area contributed by atoms with Gasteiger partial charge in [-0.15, -0.1) is 34.0 Å². The van der Waals surface area contributed by atoms with E-state index in [4.69, 9.17) is 15.0 Å². The van der Waals surface area contributed by atoms with Crippen molar-refractivity contribution in [2.45, 2.75) is 0 Å². The molecule has 0 amide bonds. The summed E-state index contributed by atoms with van der Waals surface area (Å²) in [5.74, 6) is 1.89. The van der Waals surface area contributed by atoms with Gasteiger partial charge < -0.3 is 4.57 Å². The first-order valence-electron chi connectivity index (χ1n) is 23.4. The molecular weight excluding hydrogens is 909 g/mol. The van der Waals surface area contributed by atoms with E-state index >= 15 is 0 Å². The number of benzene rings is 10. The van der Waals surface area contributed by atoms with E-state index in [2.05, 4.69) is 223 Å². The Kier molecular flexibility index (Phi) is 8.84. The zero-order chi connectivity index (χ0) is 45.9. The van der Waals surface area contributed by atoms with E-state index < -0.39 is 0 Å². The highest BCUT2D eigenvalue weighted by atomic mass is 32.1. The Balaban J connectivity index is 1.03. The van der Waals surface area contributed by atoms with Gasteiger partial charge in [-0.1, -0.05) is 170 Å². The summed E-state index contributed by atoms with van der Waals surface area (Å²) in [6.45, 7) is 0. The molecule has 15 rings (SSSR count). The number of fused-ring (bicyclic) bond motifs is 13. The van der Waals surface area contributed by atoms with Crippen molar-refractivity contribution < 1.29 is 0 Å². The molecule has 0 atom stereocenters.